The molecule has 112 valence electrons. The second kappa shape index (κ2) is 6.35. The molecule has 2 aromatic carbocycles. The van der Waals surface area contributed by atoms with Crippen molar-refractivity contribution in [3.05, 3.63) is 70.3 Å². The molecule has 0 spiro atoms. The van der Waals surface area contributed by atoms with Crippen molar-refractivity contribution in [3.63, 3.8) is 0 Å². The van der Waals surface area contributed by atoms with E-state index in [1.54, 1.807) is 6.92 Å². The van der Waals surface area contributed by atoms with Crippen LogP contribution in [0.3, 0.4) is 0 Å². The van der Waals surface area contributed by atoms with Gasteiger partial charge in [0.05, 0.1) is 0 Å². The normalized spacial score (nSPS) is 14.0. The predicted octanol–water partition coefficient (Wildman–Crippen LogP) is 4.99. The van der Waals surface area contributed by atoms with E-state index in [-0.39, 0.29) is 23.7 Å². The smallest absolute Gasteiger partial charge is 0.128 e. The average molecular weight is 289 g/mol. The molecule has 0 saturated heterocycles. The maximum atomic E-state index is 14.0. The van der Waals surface area contributed by atoms with Crippen molar-refractivity contribution in [3.8, 4) is 0 Å². The molecule has 0 aliphatic heterocycles. The van der Waals surface area contributed by atoms with Crippen LogP contribution in [-0.4, -0.2) is 0 Å². The molecule has 21 heavy (non-hydrogen) atoms. The lowest BCUT2D eigenvalue weighted by molar-refractivity contribution is 0.469. The third kappa shape index (κ3) is 3.67. The Labute approximate surface area is 125 Å². The van der Waals surface area contributed by atoms with Gasteiger partial charge in [0.15, 0.2) is 0 Å². The van der Waals surface area contributed by atoms with Gasteiger partial charge in [-0.3, -0.25) is 0 Å². The molecule has 2 aromatic rings. The van der Waals surface area contributed by atoms with E-state index in [4.69, 9.17) is 0 Å². The van der Waals surface area contributed by atoms with E-state index in [1.165, 1.54) is 17.7 Å². The van der Waals surface area contributed by atoms with Crippen LogP contribution in [0.1, 0.15) is 48.2 Å². The van der Waals surface area contributed by atoms with Gasteiger partial charge in [-0.05, 0) is 51.0 Å². The molecular formula is C18H21F2N. The summed E-state index contributed by atoms with van der Waals surface area (Å²) in [4.78, 5) is 0. The maximum absolute atomic E-state index is 14.0. The van der Waals surface area contributed by atoms with Gasteiger partial charge >= 0.3 is 0 Å². The SMILES string of the molecule is Cc1ccc([C@@H](C)NC(C)c2cc(F)c(C)cc2F)cc1. The summed E-state index contributed by atoms with van der Waals surface area (Å²) >= 11 is 0. The van der Waals surface area contributed by atoms with E-state index in [2.05, 4.69) is 5.32 Å². The number of rotatable bonds is 4. The first-order valence-electron chi connectivity index (χ1n) is 7.16. The van der Waals surface area contributed by atoms with Gasteiger partial charge in [-0.15, -0.1) is 0 Å². The molecule has 1 nitrogen and oxygen atoms in total. The minimum atomic E-state index is -0.372. The lowest BCUT2D eigenvalue weighted by Gasteiger charge is -2.21. The Balaban J connectivity index is 2.15. The predicted molar refractivity (Wildman–Crippen MR) is 82.2 cm³/mol. The van der Waals surface area contributed by atoms with E-state index < -0.39 is 0 Å². The zero-order valence-electron chi connectivity index (χ0n) is 12.9. The molecule has 1 N–H and O–H groups in total. The monoisotopic (exact) mass is 289 g/mol. The molecule has 0 saturated carbocycles. The summed E-state index contributed by atoms with van der Waals surface area (Å²) in [5, 5.41) is 3.31. The van der Waals surface area contributed by atoms with Crippen molar-refractivity contribution in [2.24, 2.45) is 0 Å². The summed E-state index contributed by atoms with van der Waals surface area (Å²) in [6.07, 6.45) is 0. The maximum Gasteiger partial charge on any atom is 0.128 e. The molecule has 3 heteroatoms. The highest BCUT2D eigenvalue weighted by molar-refractivity contribution is 5.28. The number of hydrogen-bond donors (Lipinski definition) is 1. The minimum Gasteiger partial charge on any atom is -0.304 e. The molecule has 0 radical (unpaired) electrons. The van der Waals surface area contributed by atoms with Gasteiger partial charge < -0.3 is 5.32 Å². The van der Waals surface area contributed by atoms with Crippen molar-refractivity contribution in [2.75, 3.05) is 0 Å². The third-order valence-corrected chi connectivity index (χ3v) is 3.82. The van der Waals surface area contributed by atoms with Gasteiger partial charge in [-0.25, -0.2) is 8.78 Å². The van der Waals surface area contributed by atoms with Gasteiger partial charge in [0.2, 0.25) is 0 Å². The first-order valence-corrected chi connectivity index (χ1v) is 7.16. The van der Waals surface area contributed by atoms with Crippen molar-refractivity contribution >= 4 is 0 Å². The van der Waals surface area contributed by atoms with E-state index in [0.717, 1.165) is 5.56 Å². The number of benzene rings is 2. The first kappa shape index (κ1) is 15.6. The summed E-state index contributed by atoms with van der Waals surface area (Å²) < 4.78 is 27.6. The quantitative estimate of drug-likeness (QED) is 0.835. The van der Waals surface area contributed by atoms with E-state index >= 15 is 0 Å². The van der Waals surface area contributed by atoms with Crippen LogP contribution in [-0.2, 0) is 0 Å². The van der Waals surface area contributed by atoms with Crippen LogP contribution in [0.2, 0.25) is 0 Å². The highest BCUT2D eigenvalue weighted by Crippen LogP contribution is 2.24. The summed E-state index contributed by atoms with van der Waals surface area (Å²) in [7, 11) is 0. The van der Waals surface area contributed by atoms with E-state index in [0.29, 0.717) is 11.1 Å². The summed E-state index contributed by atoms with van der Waals surface area (Å²) in [5.41, 5.74) is 3.01. The number of halogens is 2. The first-order chi connectivity index (χ1) is 9.88. The van der Waals surface area contributed by atoms with E-state index in [9.17, 15) is 8.78 Å². The molecule has 0 aromatic heterocycles. The lowest BCUT2D eigenvalue weighted by Crippen LogP contribution is -2.23. The third-order valence-electron chi connectivity index (χ3n) is 3.82. The molecule has 1 unspecified atom stereocenters. The number of hydrogen-bond acceptors (Lipinski definition) is 1. The highest BCUT2D eigenvalue weighted by Gasteiger charge is 2.16. The van der Waals surface area contributed by atoms with Gasteiger partial charge in [-0.2, -0.15) is 0 Å². The van der Waals surface area contributed by atoms with E-state index in [1.807, 2.05) is 45.0 Å². The van der Waals surface area contributed by atoms with Crippen LogP contribution < -0.4 is 5.32 Å². The molecule has 2 rings (SSSR count). The fraction of sp³-hybridized carbons (Fsp3) is 0.333. The Hall–Kier alpha value is -1.74. The van der Waals surface area contributed by atoms with Gasteiger partial charge in [0.25, 0.3) is 0 Å². The van der Waals surface area contributed by atoms with Crippen LogP contribution in [0.15, 0.2) is 36.4 Å². The van der Waals surface area contributed by atoms with Gasteiger partial charge in [0.1, 0.15) is 11.6 Å². The number of nitrogens with one attached hydrogen (secondary N) is 1. The molecule has 0 heterocycles. The van der Waals surface area contributed by atoms with Crippen LogP contribution in [0, 0.1) is 25.5 Å². The van der Waals surface area contributed by atoms with Gasteiger partial charge in [0, 0.05) is 17.6 Å². The fourth-order valence-corrected chi connectivity index (χ4v) is 2.41. The second-order valence-electron chi connectivity index (χ2n) is 5.64. The largest absolute Gasteiger partial charge is 0.304 e. The average Bonchev–Trinajstić information content (AvgIpc) is 2.43. The fourth-order valence-electron chi connectivity index (χ4n) is 2.41. The Kier molecular flexibility index (Phi) is 4.73. The molecule has 2 atom stereocenters. The summed E-state index contributed by atoms with van der Waals surface area (Å²) in [5.74, 6) is -0.743. The van der Waals surface area contributed by atoms with Crippen molar-refractivity contribution < 1.29 is 8.78 Å². The molecule has 0 amide bonds. The Morgan fingerprint density at radius 1 is 0.857 bits per heavy atom. The molecule has 0 fully saturated rings. The van der Waals surface area contributed by atoms with Crippen molar-refractivity contribution in [2.45, 2.75) is 39.8 Å². The molecule has 0 aliphatic carbocycles. The lowest BCUT2D eigenvalue weighted by atomic mass is 10.0. The Bertz CT molecular complexity index is 620. The Morgan fingerprint density at radius 2 is 1.48 bits per heavy atom. The van der Waals surface area contributed by atoms with Crippen LogP contribution in [0.5, 0.6) is 0 Å². The standard InChI is InChI=1S/C18H21F2N/c1-11-5-7-15(8-6-11)13(3)21-14(4)16-10-17(19)12(2)9-18(16)20/h5-10,13-14,21H,1-4H3/t13-,14?/m1/s1. The highest BCUT2D eigenvalue weighted by atomic mass is 19.1. The molecular weight excluding hydrogens is 268 g/mol. The zero-order valence-corrected chi connectivity index (χ0v) is 12.9. The molecule has 0 aliphatic rings. The van der Waals surface area contributed by atoms with Crippen molar-refractivity contribution in [1.82, 2.24) is 5.32 Å². The zero-order chi connectivity index (χ0) is 15.6. The second-order valence-corrected chi connectivity index (χ2v) is 5.64. The molecule has 0 bridgehead atoms. The van der Waals surface area contributed by atoms with Crippen LogP contribution in [0.25, 0.3) is 0 Å². The van der Waals surface area contributed by atoms with Gasteiger partial charge in [-0.1, -0.05) is 29.8 Å². The summed E-state index contributed by atoms with van der Waals surface area (Å²) in [6.45, 7) is 7.46. The van der Waals surface area contributed by atoms with Crippen LogP contribution in [0.4, 0.5) is 8.78 Å². The topological polar surface area (TPSA) is 12.0 Å². The van der Waals surface area contributed by atoms with Crippen LogP contribution >= 0.6 is 0 Å². The number of aryl methyl sites for hydroxylation is 2. The summed E-state index contributed by atoms with van der Waals surface area (Å²) in [6, 6.07) is 10.5. The Morgan fingerprint density at radius 3 is 2.10 bits per heavy atom. The minimum absolute atomic E-state index is 0.0596. The van der Waals surface area contributed by atoms with Crippen molar-refractivity contribution in [1.29, 1.82) is 0 Å².